The number of rotatable bonds is 3. The van der Waals surface area contributed by atoms with Crippen LogP contribution in [0.3, 0.4) is 0 Å². The van der Waals surface area contributed by atoms with Crippen molar-refractivity contribution in [2.75, 3.05) is 13.1 Å². The zero-order valence-electron chi connectivity index (χ0n) is 10.5. The minimum absolute atomic E-state index is 0.403. The summed E-state index contributed by atoms with van der Waals surface area (Å²) >= 11 is 1.42. The first kappa shape index (κ1) is 14.0. The van der Waals surface area contributed by atoms with Crippen molar-refractivity contribution in [2.24, 2.45) is 5.73 Å². The average Bonchev–Trinajstić information content (AvgIpc) is 2.76. The van der Waals surface area contributed by atoms with E-state index in [2.05, 4.69) is 0 Å². The number of nitrogens with zero attached hydrogens (tertiary/aromatic N) is 1. The molecule has 2 rings (SSSR count). The molecule has 0 aliphatic carbocycles. The van der Waals surface area contributed by atoms with Gasteiger partial charge in [-0.05, 0) is 18.9 Å². The molecule has 1 aromatic heterocycles. The molecule has 1 aromatic rings. The molecule has 6 heteroatoms. The van der Waals surface area contributed by atoms with Crippen molar-refractivity contribution in [3.05, 3.63) is 16.3 Å². The lowest BCUT2D eigenvalue weighted by molar-refractivity contribution is 0.364. The molecule has 0 radical (unpaired) electrons. The van der Waals surface area contributed by atoms with E-state index in [1.165, 1.54) is 17.8 Å². The Hall–Kier alpha value is -0.430. The lowest BCUT2D eigenvalue weighted by Gasteiger charge is -2.23. The van der Waals surface area contributed by atoms with Crippen LogP contribution in [0.15, 0.2) is 16.3 Å². The minimum atomic E-state index is -3.30. The molecule has 0 atom stereocenters. The van der Waals surface area contributed by atoms with Crippen LogP contribution in [0.4, 0.5) is 0 Å². The van der Waals surface area contributed by atoms with Crippen LogP contribution in [-0.2, 0) is 16.6 Å². The van der Waals surface area contributed by atoms with Crippen LogP contribution in [0.5, 0.6) is 0 Å². The summed E-state index contributed by atoms with van der Waals surface area (Å²) < 4.78 is 26.6. The van der Waals surface area contributed by atoms with Gasteiger partial charge >= 0.3 is 0 Å². The maximum Gasteiger partial charge on any atom is 0.243 e. The van der Waals surface area contributed by atoms with Gasteiger partial charge in [0.1, 0.15) is 0 Å². The predicted molar refractivity (Wildman–Crippen MR) is 74.1 cm³/mol. The Morgan fingerprint density at radius 3 is 2.33 bits per heavy atom. The van der Waals surface area contributed by atoms with Crippen LogP contribution in [0.1, 0.15) is 37.0 Å². The van der Waals surface area contributed by atoms with E-state index in [9.17, 15) is 8.42 Å². The highest BCUT2D eigenvalue weighted by Gasteiger charge is 2.25. The number of hydrogen-bond acceptors (Lipinski definition) is 4. The first-order valence-electron chi connectivity index (χ1n) is 6.42. The van der Waals surface area contributed by atoms with Gasteiger partial charge in [-0.1, -0.05) is 19.3 Å². The van der Waals surface area contributed by atoms with E-state index in [0.717, 1.165) is 30.6 Å². The van der Waals surface area contributed by atoms with Gasteiger partial charge in [-0.2, -0.15) is 4.31 Å². The molecular formula is C12H20N2O2S2. The van der Waals surface area contributed by atoms with Gasteiger partial charge < -0.3 is 5.73 Å². The predicted octanol–water partition coefficient (Wildman–Crippen LogP) is 2.16. The molecule has 2 N–H and O–H groups in total. The first-order valence-corrected chi connectivity index (χ1v) is 8.74. The van der Waals surface area contributed by atoms with E-state index in [-0.39, 0.29) is 0 Å². The fraction of sp³-hybridized carbons (Fsp3) is 0.667. The molecule has 0 amide bonds. The number of thiophene rings is 1. The molecular weight excluding hydrogens is 268 g/mol. The lowest BCUT2D eigenvalue weighted by atomic mass is 10.1. The van der Waals surface area contributed by atoms with E-state index < -0.39 is 10.0 Å². The third-order valence-corrected chi connectivity index (χ3v) is 6.27. The van der Waals surface area contributed by atoms with Gasteiger partial charge in [0.15, 0.2) is 0 Å². The fourth-order valence-corrected chi connectivity index (χ4v) is 4.87. The van der Waals surface area contributed by atoms with E-state index >= 15 is 0 Å². The Balaban J connectivity index is 2.17. The summed E-state index contributed by atoms with van der Waals surface area (Å²) in [5, 5.41) is 1.70. The molecule has 4 nitrogen and oxygen atoms in total. The summed E-state index contributed by atoms with van der Waals surface area (Å²) in [5.41, 5.74) is 5.53. The number of hydrogen-bond donors (Lipinski definition) is 1. The lowest BCUT2D eigenvalue weighted by Crippen LogP contribution is -2.33. The quantitative estimate of drug-likeness (QED) is 0.927. The van der Waals surface area contributed by atoms with Gasteiger partial charge in [0.2, 0.25) is 10.0 Å². The molecule has 1 saturated heterocycles. The second kappa shape index (κ2) is 6.14. The van der Waals surface area contributed by atoms with Crippen molar-refractivity contribution in [1.29, 1.82) is 0 Å². The topological polar surface area (TPSA) is 63.4 Å². The highest BCUT2D eigenvalue weighted by molar-refractivity contribution is 7.89. The van der Waals surface area contributed by atoms with Crippen molar-refractivity contribution in [1.82, 2.24) is 4.31 Å². The monoisotopic (exact) mass is 288 g/mol. The second-order valence-electron chi connectivity index (χ2n) is 4.62. The third kappa shape index (κ3) is 3.12. The van der Waals surface area contributed by atoms with Gasteiger partial charge in [-0.25, -0.2) is 8.42 Å². The van der Waals surface area contributed by atoms with E-state index in [1.54, 1.807) is 15.8 Å². The zero-order valence-corrected chi connectivity index (χ0v) is 12.1. The summed E-state index contributed by atoms with van der Waals surface area (Å²) in [5.74, 6) is 0. The third-order valence-electron chi connectivity index (χ3n) is 3.28. The van der Waals surface area contributed by atoms with Gasteiger partial charge in [0.05, 0.1) is 4.90 Å². The Labute approximate surface area is 113 Å². The van der Waals surface area contributed by atoms with E-state index in [1.807, 2.05) is 0 Å². The highest BCUT2D eigenvalue weighted by atomic mass is 32.2. The van der Waals surface area contributed by atoms with Crippen LogP contribution in [-0.4, -0.2) is 25.8 Å². The fourth-order valence-electron chi connectivity index (χ4n) is 2.21. The molecule has 2 heterocycles. The highest BCUT2D eigenvalue weighted by Crippen LogP contribution is 2.24. The molecule has 18 heavy (non-hydrogen) atoms. The molecule has 102 valence electrons. The van der Waals surface area contributed by atoms with Crippen LogP contribution in [0, 0.1) is 0 Å². The minimum Gasteiger partial charge on any atom is -0.326 e. The Bertz CT molecular complexity index is 474. The van der Waals surface area contributed by atoms with Crippen molar-refractivity contribution in [3.63, 3.8) is 0 Å². The second-order valence-corrected chi connectivity index (χ2v) is 7.56. The Morgan fingerprint density at radius 2 is 1.78 bits per heavy atom. The maximum absolute atomic E-state index is 12.5. The number of sulfonamides is 1. The molecule has 0 aromatic carbocycles. The zero-order chi connectivity index (χ0) is 13.0. The van der Waals surface area contributed by atoms with Crippen LogP contribution < -0.4 is 5.73 Å². The molecule has 0 unspecified atom stereocenters. The van der Waals surface area contributed by atoms with Crippen LogP contribution in [0.25, 0.3) is 0 Å². The molecule has 1 fully saturated rings. The maximum atomic E-state index is 12.5. The first-order chi connectivity index (χ1) is 8.64. The van der Waals surface area contributed by atoms with Crippen molar-refractivity contribution in [2.45, 2.75) is 43.5 Å². The van der Waals surface area contributed by atoms with Gasteiger partial charge in [0, 0.05) is 29.9 Å². The summed E-state index contributed by atoms with van der Waals surface area (Å²) in [6.07, 6.45) is 5.41. The Kier molecular flexibility index (Phi) is 4.77. The molecule has 1 aliphatic heterocycles. The summed E-state index contributed by atoms with van der Waals surface area (Å²) in [6, 6.07) is 1.71. The van der Waals surface area contributed by atoms with Gasteiger partial charge in [-0.3, -0.25) is 0 Å². The van der Waals surface area contributed by atoms with Crippen molar-refractivity contribution >= 4 is 21.4 Å². The Morgan fingerprint density at radius 1 is 1.17 bits per heavy atom. The molecule has 0 spiro atoms. The average molecular weight is 288 g/mol. The largest absolute Gasteiger partial charge is 0.326 e. The number of nitrogens with two attached hydrogens (primary N) is 1. The van der Waals surface area contributed by atoms with Gasteiger partial charge in [-0.15, -0.1) is 11.3 Å². The smallest absolute Gasteiger partial charge is 0.243 e. The van der Waals surface area contributed by atoms with Crippen LogP contribution in [0.2, 0.25) is 0 Å². The summed E-state index contributed by atoms with van der Waals surface area (Å²) in [6.45, 7) is 1.70. The molecule has 0 bridgehead atoms. The summed E-state index contributed by atoms with van der Waals surface area (Å²) in [4.78, 5) is 1.33. The van der Waals surface area contributed by atoms with E-state index in [0.29, 0.717) is 24.5 Å². The van der Waals surface area contributed by atoms with Crippen molar-refractivity contribution in [3.8, 4) is 0 Å². The van der Waals surface area contributed by atoms with E-state index in [4.69, 9.17) is 5.73 Å². The van der Waals surface area contributed by atoms with Crippen LogP contribution >= 0.6 is 11.3 Å². The summed E-state index contributed by atoms with van der Waals surface area (Å²) in [7, 11) is -3.30. The standard InChI is InChI=1S/C12H20N2O2S2/c13-9-11-8-12(10-17-11)18(15,16)14-6-4-2-1-3-5-7-14/h8,10H,1-7,9,13H2. The van der Waals surface area contributed by atoms with Gasteiger partial charge in [0.25, 0.3) is 0 Å². The SMILES string of the molecule is NCc1cc(S(=O)(=O)N2CCCCCCC2)cs1. The van der Waals surface area contributed by atoms with Crippen molar-refractivity contribution < 1.29 is 8.42 Å². The molecule has 1 aliphatic rings. The normalized spacial score (nSPS) is 19.4. The molecule has 0 saturated carbocycles.